The highest BCUT2D eigenvalue weighted by molar-refractivity contribution is 5.90. The van der Waals surface area contributed by atoms with Gasteiger partial charge in [0.15, 0.2) is 12.3 Å². The molecule has 0 aliphatic rings. The fourth-order valence-corrected chi connectivity index (χ4v) is 1.52. The number of aromatic carboxylic acids is 1. The molecule has 2 aromatic heterocycles. The summed E-state index contributed by atoms with van der Waals surface area (Å²) < 4.78 is 41.4. The molecule has 128 valence electrons. The molecule has 1 amide bonds. The average molecular weight is 345 g/mol. The van der Waals surface area contributed by atoms with Gasteiger partial charge in [-0.3, -0.25) is 4.79 Å². The Morgan fingerprint density at radius 1 is 1.33 bits per heavy atom. The molecule has 0 aromatic carbocycles. The van der Waals surface area contributed by atoms with Crippen molar-refractivity contribution in [1.82, 2.24) is 20.0 Å². The van der Waals surface area contributed by atoms with E-state index in [1.807, 2.05) is 0 Å². The van der Waals surface area contributed by atoms with Gasteiger partial charge in [-0.25, -0.2) is 14.5 Å². The summed E-state index contributed by atoms with van der Waals surface area (Å²) in [5.74, 6) is -2.07. The molecule has 0 saturated carbocycles. The predicted octanol–water partition coefficient (Wildman–Crippen LogP) is 0.951. The summed E-state index contributed by atoms with van der Waals surface area (Å²) in [4.78, 5) is 26.0. The number of carboxylic acids is 1. The fraction of sp³-hybridized carbons (Fsp3) is 0.250. The zero-order valence-corrected chi connectivity index (χ0v) is 11.8. The summed E-state index contributed by atoms with van der Waals surface area (Å²) in [7, 11) is 0. The van der Waals surface area contributed by atoms with Crippen LogP contribution < -0.4 is 10.1 Å². The second kappa shape index (κ2) is 6.93. The Morgan fingerprint density at radius 3 is 2.62 bits per heavy atom. The molecule has 9 nitrogen and oxygen atoms in total. The maximum Gasteiger partial charge on any atom is 0.422 e. The van der Waals surface area contributed by atoms with Crippen LogP contribution in [-0.2, 0) is 11.3 Å². The van der Waals surface area contributed by atoms with E-state index in [9.17, 15) is 22.8 Å². The van der Waals surface area contributed by atoms with Crippen LogP contribution in [0.3, 0.4) is 0 Å². The van der Waals surface area contributed by atoms with Crippen molar-refractivity contribution in [2.75, 3.05) is 11.9 Å². The van der Waals surface area contributed by atoms with Gasteiger partial charge in [0.1, 0.15) is 6.54 Å². The Morgan fingerprint density at radius 2 is 2.08 bits per heavy atom. The van der Waals surface area contributed by atoms with Gasteiger partial charge >= 0.3 is 12.1 Å². The molecule has 2 aromatic rings. The van der Waals surface area contributed by atoms with Gasteiger partial charge < -0.3 is 15.2 Å². The first kappa shape index (κ1) is 17.2. The maximum atomic E-state index is 12.0. The van der Waals surface area contributed by atoms with E-state index in [4.69, 9.17) is 5.11 Å². The number of nitrogens with zero attached hydrogens (tertiary/aromatic N) is 4. The summed E-state index contributed by atoms with van der Waals surface area (Å²) >= 11 is 0. The Balaban J connectivity index is 1.88. The topological polar surface area (TPSA) is 119 Å². The third-order valence-corrected chi connectivity index (χ3v) is 2.47. The van der Waals surface area contributed by atoms with E-state index >= 15 is 0 Å². The molecule has 0 aliphatic heterocycles. The number of aromatic nitrogens is 4. The first-order valence-corrected chi connectivity index (χ1v) is 6.32. The monoisotopic (exact) mass is 345 g/mol. The van der Waals surface area contributed by atoms with E-state index in [1.165, 1.54) is 12.1 Å². The number of amides is 1. The number of halogens is 3. The minimum Gasteiger partial charge on any atom is -0.476 e. The zero-order valence-electron chi connectivity index (χ0n) is 11.8. The third-order valence-electron chi connectivity index (χ3n) is 2.47. The van der Waals surface area contributed by atoms with Crippen molar-refractivity contribution in [2.24, 2.45) is 0 Å². The van der Waals surface area contributed by atoms with E-state index in [-0.39, 0.29) is 23.8 Å². The van der Waals surface area contributed by atoms with Gasteiger partial charge in [0, 0.05) is 6.07 Å². The van der Waals surface area contributed by atoms with Crippen LogP contribution in [0.4, 0.5) is 18.9 Å². The smallest absolute Gasteiger partial charge is 0.422 e. The Bertz CT molecular complexity index is 729. The molecule has 0 fully saturated rings. The molecule has 2 rings (SSSR count). The van der Waals surface area contributed by atoms with Crippen LogP contribution in [0.15, 0.2) is 24.5 Å². The molecule has 0 atom stereocenters. The van der Waals surface area contributed by atoms with Gasteiger partial charge in [-0.05, 0) is 6.07 Å². The van der Waals surface area contributed by atoms with E-state index in [1.54, 1.807) is 0 Å². The summed E-state index contributed by atoms with van der Waals surface area (Å²) in [6.45, 7) is -1.77. The Kier molecular flexibility index (Phi) is 4.96. The van der Waals surface area contributed by atoms with Gasteiger partial charge in [0.25, 0.3) is 0 Å². The van der Waals surface area contributed by atoms with E-state index in [2.05, 4.69) is 25.3 Å². The van der Waals surface area contributed by atoms with Crippen molar-refractivity contribution in [2.45, 2.75) is 12.7 Å². The highest BCUT2D eigenvalue weighted by atomic mass is 19.4. The lowest BCUT2D eigenvalue weighted by atomic mass is 10.4. The summed E-state index contributed by atoms with van der Waals surface area (Å²) in [6.07, 6.45) is -2.27. The van der Waals surface area contributed by atoms with Crippen molar-refractivity contribution in [3.8, 4) is 5.88 Å². The van der Waals surface area contributed by atoms with Gasteiger partial charge in [0.05, 0.1) is 18.1 Å². The third kappa shape index (κ3) is 5.23. The summed E-state index contributed by atoms with van der Waals surface area (Å²) in [5, 5.41) is 17.9. The molecular weight excluding hydrogens is 335 g/mol. The van der Waals surface area contributed by atoms with Crippen molar-refractivity contribution in [3.63, 3.8) is 0 Å². The highest BCUT2D eigenvalue weighted by Crippen LogP contribution is 2.18. The second-order valence-corrected chi connectivity index (χ2v) is 4.44. The molecule has 0 aliphatic carbocycles. The molecule has 0 bridgehead atoms. The van der Waals surface area contributed by atoms with Gasteiger partial charge in [-0.2, -0.15) is 13.2 Å². The molecule has 2 N–H and O–H groups in total. The van der Waals surface area contributed by atoms with Crippen molar-refractivity contribution >= 4 is 17.6 Å². The number of hydrogen-bond donors (Lipinski definition) is 2. The predicted molar refractivity (Wildman–Crippen MR) is 71.4 cm³/mol. The molecule has 24 heavy (non-hydrogen) atoms. The minimum atomic E-state index is -4.47. The zero-order chi connectivity index (χ0) is 17.7. The molecule has 12 heteroatoms. The summed E-state index contributed by atoms with van der Waals surface area (Å²) in [5.41, 5.74) is -0.0893. The number of carbonyl (C=O) groups is 2. The fourth-order valence-electron chi connectivity index (χ4n) is 1.52. The van der Waals surface area contributed by atoms with Gasteiger partial charge in [-0.15, -0.1) is 5.10 Å². The summed E-state index contributed by atoms with van der Waals surface area (Å²) in [6, 6.07) is 2.47. The number of anilines is 1. The normalized spacial score (nSPS) is 11.1. The Hall–Kier alpha value is -3.18. The van der Waals surface area contributed by atoms with Crippen LogP contribution in [0.25, 0.3) is 0 Å². The number of carboxylic acid groups (broad SMARTS) is 1. The van der Waals surface area contributed by atoms with Gasteiger partial charge in [0.2, 0.25) is 11.8 Å². The van der Waals surface area contributed by atoms with Crippen LogP contribution in [-0.4, -0.2) is 49.7 Å². The quantitative estimate of drug-likeness (QED) is 0.800. The first-order chi connectivity index (χ1) is 11.2. The number of ether oxygens (including phenoxy) is 1. The van der Waals surface area contributed by atoms with Crippen molar-refractivity contribution in [3.05, 3.63) is 30.2 Å². The Labute approximate surface area is 132 Å². The largest absolute Gasteiger partial charge is 0.476 e. The van der Waals surface area contributed by atoms with Crippen molar-refractivity contribution in [1.29, 1.82) is 0 Å². The lowest BCUT2D eigenvalue weighted by Crippen LogP contribution is -2.20. The van der Waals surface area contributed by atoms with E-state index < -0.39 is 24.7 Å². The van der Waals surface area contributed by atoms with Crippen molar-refractivity contribution < 1.29 is 32.6 Å². The van der Waals surface area contributed by atoms with E-state index in [0.717, 1.165) is 17.1 Å². The van der Waals surface area contributed by atoms with Crippen LogP contribution in [0.2, 0.25) is 0 Å². The second-order valence-electron chi connectivity index (χ2n) is 4.44. The highest BCUT2D eigenvalue weighted by Gasteiger charge is 2.28. The SMILES string of the molecule is O=C(Cn1cc(C(=O)O)nn1)Nc1ccc(OCC(F)(F)F)nc1. The molecule has 0 spiro atoms. The lowest BCUT2D eigenvalue weighted by molar-refractivity contribution is -0.154. The minimum absolute atomic E-state index is 0.220. The number of alkyl halides is 3. The molecule has 0 saturated heterocycles. The molecule has 0 radical (unpaired) electrons. The van der Waals surface area contributed by atoms with E-state index in [0.29, 0.717) is 0 Å². The van der Waals surface area contributed by atoms with Crippen LogP contribution in [0.1, 0.15) is 10.5 Å². The number of rotatable bonds is 6. The lowest BCUT2D eigenvalue weighted by Gasteiger charge is -2.09. The number of pyridine rings is 1. The standard InChI is InChI=1S/C12H10F3N5O4/c13-12(14,15)6-24-10-2-1-7(3-16-10)17-9(21)5-20-4-8(11(22)23)18-19-20/h1-4H,5-6H2,(H,17,21)(H,22,23). The molecule has 2 heterocycles. The van der Waals surface area contributed by atoms with Crippen LogP contribution >= 0.6 is 0 Å². The number of nitrogens with one attached hydrogen (secondary N) is 1. The number of hydrogen-bond acceptors (Lipinski definition) is 6. The van der Waals surface area contributed by atoms with Crippen LogP contribution in [0, 0.1) is 0 Å². The van der Waals surface area contributed by atoms with Gasteiger partial charge in [-0.1, -0.05) is 5.21 Å². The molecule has 0 unspecified atom stereocenters. The average Bonchev–Trinajstić information content (AvgIpc) is 2.94. The molecular formula is C12H10F3N5O4. The first-order valence-electron chi connectivity index (χ1n) is 6.32. The maximum absolute atomic E-state index is 12.0. The number of carbonyl (C=O) groups excluding carboxylic acids is 1. The van der Waals surface area contributed by atoms with Crippen LogP contribution in [0.5, 0.6) is 5.88 Å².